The molecule has 0 bridgehead atoms. The van der Waals surface area contributed by atoms with Crippen molar-refractivity contribution in [2.24, 2.45) is 5.41 Å². The lowest BCUT2D eigenvalue weighted by Gasteiger charge is -2.40. The second-order valence-electron chi connectivity index (χ2n) is 5.38. The van der Waals surface area contributed by atoms with E-state index >= 15 is 0 Å². The molecule has 0 radical (unpaired) electrons. The Balaban J connectivity index is 1.80. The van der Waals surface area contributed by atoms with E-state index in [0.717, 1.165) is 45.3 Å². The van der Waals surface area contributed by atoms with Crippen molar-refractivity contribution in [3.63, 3.8) is 0 Å². The van der Waals surface area contributed by atoms with Crippen LogP contribution in [0.25, 0.3) is 0 Å². The molecule has 0 aromatic carbocycles. The molecule has 0 aromatic rings. The summed E-state index contributed by atoms with van der Waals surface area (Å²) >= 11 is 0. The monoisotopic (exact) mass is 252 g/mol. The van der Waals surface area contributed by atoms with Crippen LogP contribution in [0.2, 0.25) is 0 Å². The van der Waals surface area contributed by atoms with E-state index in [1.165, 1.54) is 12.0 Å². The third-order valence-corrected chi connectivity index (χ3v) is 4.21. The van der Waals surface area contributed by atoms with E-state index in [-0.39, 0.29) is 11.3 Å². The van der Waals surface area contributed by atoms with Crippen molar-refractivity contribution < 1.29 is 9.53 Å². The van der Waals surface area contributed by atoms with E-state index in [1.54, 1.807) is 7.11 Å². The van der Waals surface area contributed by atoms with Gasteiger partial charge in [0.1, 0.15) is 0 Å². The molecule has 1 amide bonds. The molecule has 2 N–H and O–H groups in total. The highest BCUT2D eigenvalue weighted by molar-refractivity contribution is 5.83. The first-order valence-corrected chi connectivity index (χ1v) is 6.93. The zero-order valence-electron chi connectivity index (χ0n) is 11.3. The Morgan fingerprint density at radius 1 is 1.56 bits per heavy atom. The van der Waals surface area contributed by atoms with Crippen molar-refractivity contribution in [3.05, 3.63) is 11.6 Å². The van der Waals surface area contributed by atoms with Crippen LogP contribution in [0.4, 0.5) is 0 Å². The highest BCUT2D eigenvalue weighted by atomic mass is 16.5. The van der Waals surface area contributed by atoms with Crippen LogP contribution in [-0.2, 0) is 9.53 Å². The number of hydrogen-bond acceptors (Lipinski definition) is 3. The van der Waals surface area contributed by atoms with E-state index < -0.39 is 0 Å². The van der Waals surface area contributed by atoms with Gasteiger partial charge in [-0.2, -0.15) is 0 Å². The zero-order chi connectivity index (χ0) is 12.8. The summed E-state index contributed by atoms with van der Waals surface area (Å²) in [5, 5.41) is 6.39. The Labute approximate surface area is 109 Å². The Morgan fingerprint density at radius 3 is 2.94 bits per heavy atom. The van der Waals surface area contributed by atoms with Crippen molar-refractivity contribution >= 4 is 5.91 Å². The number of rotatable bonds is 6. The maximum absolute atomic E-state index is 12.3. The molecule has 102 valence electrons. The molecule has 1 aliphatic carbocycles. The molecule has 18 heavy (non-hydrogen) atoms. The van der Waals surface area contributed by atoms with Gasteiger partial charge in [-0.1, -0.05) is 18.1 Å². The first-order valence-electron chi connectivity index (χ1n) is 6.93. The second kappa shape index (κ2) is 6.34. The summed E-state index contributed by atoms with van der Waals surface area (Å²) in [4.78, 5) is 12.3. The van der Waals surface area contributed by atoms with Gasteiger partial charge in [-0.15, -0.1) is 0 Å². The highest BCUT2D eigenvalue weighted by Gasteiger charge is 2.43. The van der Waals surface area contributed by atoms with E-state index in [0.29, 0.717) is 6.61 Å². The summed E-state index contributed by atoms with van der Waals surface area (Å²) in [6, 6.07) is 0. The molecule has 1 saturated carbocycles. The SMILES string of the molecule is COCCC1(C(=O)NCC2=CCNCC2)CCC1. The summed E-state index contributed by atoms with van der Waals surface area (Å²) in [5.74, 6) is 0.227. The van der Waals surface area contributed by atoms with E-state index in [9.17, 15) is 4.79 Å². The molecule has 1 aliphatic heterocycles. The third kappa shape index (κ3) is 3.12. The summed E-state index contributed by atoms with van der Waals surface area (Å²) in [5.41, 5.74) is 1.21. The fourth-order valence-electron chi connectivity index (χ4n) is 2.70. The third-order valence-electron chi connectivity index (χ3n) is 4.21. The number of ether oxygens (including phenoxy) is 1. The number of methoxy groups -OCH3 is 1. The van der Waals surface area contributed by atoms with Crippen molar-refractivity contribution in [3.8, 4) is 0 Å². The van der Waals surface area contributed by atoms with Crippen LogP contribution in [0.5, 0.6) is 0 Å². The van der Waals surface area contributed by atoms with E-state index in [4.69, 9.17) is 4.74 Å². The zero-order valence-corrected chi connectivity index (χ0v) is 11.3. The molecule has 4 nitrogen and oxygen atoms in total. The Hall–Kier alpha value is -0.870. The topological polar surface area (TPSA) is 50.4 Å². The Kier molecular flexibility index (Phi) is 4.78. The predicted octanol–water partition coefficient (Wildman–Crippen LogP) is 1.23. The average Bonchev–Trinajstić information content (AvgIpc) is 2.36. The summed E-state index contributed by atoms with van der Waals surface area (Å²) in [6.45, 7) is 3.35. The quantitative estimate of drug-likeness (QED) is 0.699. The molecule has 2 aliphatic rings. The van der Waals surface area contributed by atoms with Gasteiger partial charge < -0.3 is 15.4 Å². The average molecular weight is 252 g/mol. The molecular weight excluding hydrogens is 228 g/mol. The maximum atomic E-state index is 12.3. The fraction of sp³-hybridized carbons (Fsp3) is 0.786. The number of hydrogen-bond donors (Lipinski definition) is 2. The minimum atomic E-state index is -0.135. The number of carbonyl (C=O) groups is 1. The van der Waals surface area contributed by atoms with Gasteiger partial charge in [0, 0.05) is 26.8 Å². The predicted molar refractivity (Wildman–Crippen MR) is 71.4 cm³/mol. The molecule has 0 unspecified atom stereocenters. The Bertz CT molecular complexity index is 322. The van der Waals surface area contributed by atoms with Gasteiger partial charge in [0.15, 0.2) is 0 Å². The first-order chi connectivity index (χ1) is 8.77. The fourth-order valence-corrected chi connectivity index (χ4v) is 2.70. The van der Waals surface area contributed by atoms with Crippen LogP contribution < -0.4 is 10.6 Å². The van der Waals surface area contributed by atoms with Crippen LogP contribution in [0.3, 0.4) is 0 Å². The molecule has 0 spiro atoms. The van der Waals surface area contributed by atoms with Crippen molar-refractivity contribution in [1.82, 2.24) is 10.6 Å². The smallest absolute Gasteiger partial charge is 0.226 e. The summed E-state index contributed by atoms with van der Waals surface area (Å²) in [6.07, 6.45) is 7.29. The lowest BCUT2D eigenvalue weighted by Crippen LogP contribution is -2.47. The largest absolute Gasteiger partial charge is 0.385 e. The maximum Gasteiger partial charge on any atom is 0.226 e. The summed E-state index contributed by atoms with van der Waals surface area (Å²) in [7, 11) is 1.70. The number of amides is 1. The van der Waals surface area contributed by atoms with Crippen molar-refractivity contribution in [2.45, 2.75) is 32.1 Å². The van der Waals surface area contributed by atoms with Crippen LogP contribution in [0.15, 0.2) is 11.6 Å². The molecule has 1 fully saturated rings. The van der Waals surface area contributed by atoms with Gasteiger partial charge >= 0.3 is 0 Å². The molecule has 1 heterocycles. The van der Waals surface area contributed by atoms with Gasteiger partial charge in [0.25, 0.3) is 0 Å². The number of nitrogens with one attached hydrogen (secondary N) is 2. The lowest BCUT2D eigenvalue weighted by molar-refractivity contribution is -0.137. The van der Waals surface area contributed by atoms with Crippen LogP contribution in [0, 0.1) is 5.41 Å². The first kappa shape index (κ1) is 13.6. The van der Waals surface area contributed by atoms with Gasteiger partial charge in [-0.3, -0.25) is 4.79 Å². The van der Waals surface area contributed by atoms with Gasteiger partial charge in [0.2, 0.25) is 5.91 Å². The van der Waals surface area contributed by atoms with Gasteiger partial charge in [0.05, 0.1) is 5.41 Å². The van der Waals surface area contributed by atoms with Crippen molar-refractivity contribution in [2.75, 3.05) is 33.4 Å². The lowest BCUT2D eigenvalue weighted by atomic mass is 9.66. The molecular formula is C14H24N2O2. The van der Waals surface area contributed by atoms with Crippen LogP contribution in [0.1, 0.15) is 32.1 Å². The van der Waals surface area contributed by atoms with Crippen molar-refractivity contribution in [1.29, 1.82) is 0 Å². The minimum Gasteiger partial charge on any atom is -0.385 e. The molecule has 0 aromatic heterocycles. The van der Waals surface area contributed by atoms with Gasteiger partial charge in [-0.05, 0) is 32.2 Å². The standard InChI is InChI=1S/C14H24N2O2/c1-18-10-7-14(5-2-6-14)13(17)16-11-12-3-8-15-9-4-12/h3,15H,2,4-11H2,1H3,(H,16,17). The summed E-state index contributed by atoms with van der Waals surface area (Å²) < 4.78 is 5.12. The van der Waals surface area contributed by atoms with Crippen LogP contribution in [-0.4, -0.2) is 39.3 Å². The second-order valence-corrected chi connectivity index (χ2v) is 5.38. The molecule has 0 atom stereocenters. The Morgan fingerprint density at radius 2 is 2.39 bits per heavy atom. The molecule has 4 heteroatoms. The normalized spacial score (nSPS) is 21.9. The van der Waals surface area contributed by atoms with E-state index in [2.05, 4.69) is 16.7 Å². The molecule has 0 saturated heterocycles. The van der Waals surface area contributed by atoms with Gasteiger partial charge in [-0.25, -0.2) is 0 Å². The van der Waals surface area contributed by atoms with Crippen LogP contribution >= 0.6 is 0 Å². The van der Waals surface area contributed by atoms with E-state index in [1.807, 2.05) is 0 Å². The number of carbonyl (C=O) groups excluding carboxylic acids is 1. The highest BCUT2D eigenvalue weighted by Crippen LogP contribution is 2.44. The minimum absolute atomic E-state index is 0.135. The molecule has 2 rings (SSSR count).